The van der Waals surface area contributed by atoms with E-state index in [1.807, 2.05) is 0 Å². The number of allylic oxidation sites excluding steroid dienone is 1. The summed E-state index contributed by atoms with van der Waals surface area (Å²) in [5.74, 6) is -0.497. The van der Waals surface area contributed by atoms with E-state index in [0.29, 0.717) is 0 Å². The predicted molar refractivity (Wildman–Crippen MR) is 68.0 cm³/mol. The topological polar surface area (TPSA) is 87.0 Å². The molecular weight excluding hydrogens is 236 g/mol. The number of carbonyl (C=O) groups is 1. The van der Waals surface area contributed by atoms with Gasteiger partial charge in [0.2, 0.25) is 0 Å². The molecule has 1 atom stereocenters. The third-order valence-corrected chi connectivity index (χ3v) is 2.41. The highest BCUT2D eigenvalue weighted by Gasteiger charge is 2.04. The first-order valence-electron chi connectivity index (χ1n) is 6.43. The quantitative estimate of drug-likeness (QED) is 0.290. The minimum absolute atomic E-state index is 0.180. The number of hydrogen-bond acceptors (Lipinski definition) is 5. The van der Waals surface area contributed by atoms with Crippen molar-refractivity contribution in [2.75, 3.05) is 19.8 Å². The van der Waals surface area contributed by atoms with Crippen molar-refractivity contribution in [3.63, 3.8) is 0 Å². The first kappa shape index (κ1) is 17.1. The van der Waals surface area contributed by atoms with E-state index in [0.717, 1.165) is 38.5 Å². The predicted octanol–water partition coefficient (Wildman–Crippen LogP) is 0.772. The molecule has 0 aliphatic carbocycles. The molecule has 0 saturated heterocycles. The van der Waals surface area contributed by atoms with E-state index in [-0.39, 0.29) is 13.2 Å². The summed E-state index contributed by atoms with van der Waals surface area (Å²) in [6, 6.07) is 0. The minimum Gasteiger partial charge on any atom is -0.460 e. The molecule has 0 aromatic heterocycles. The molecule has 5 nitrogen and oxygen atoms in total. The van der Waals surface area contributed by atoms with Crippen LogP contribution >= 0.6 is 0 Å². The Bertz CT molecular complexity index is 227. The van der Waals surface area contributed by atoms with Crippen molar-refractivity contribution in [2.45, 2.75) is 44.6 Å². The average Bonchev–Trinajstić information content (AvgIpc) is 2.39. The Morgan fingerprint density at radius 1 is 1.11 bits per heavy atom. The fourth-order valence-electron chi connectivity index (χ4n) is 1.36. The van der Waals surface area contributed by atoms with E-state index >= 15 is 0 Å². The van der Waals surface area contributed by atoms with Crippen LogP contribution < -0.4 is 0 Å². The van der Waals surface area contributed by atoms with Crippen molar-refractivity contribution in [3.8, 4) is 0 Å². The zero-order chi connectivity index (χ0) is 13.6. The summed E-state index contributed by atoms with van der Waals surface area (Å²) in [6.45, 7) is -0.336. The van der Waals surface area contributed by atoms with Crippen molar-refractivity contribution in [2.24, 2.45) is 0 Å². The van der Waals surface area contributed by atoms with E-state index in [4.69, 9.17) is 20.1 Å². The van der Waals surface area contributed by atoms with Gasteiger partial charge in [-0.1, -0.05) is 25.3 Å². The normalized spacial score (nSPS) is 12.8. The van der Waals surface area contributed by atoms with Gasteiger partial charge in [-0.2, -0.15) is 0 Å². The Balaban J connectivity index is 3.37. The molecule has 0 aliphatic rings. The number of aliphatic hydroxyl groups is 3. The highest BCUT2D eigenvalue weighted by atomic mass is 16.5. The number of unbranched alkanes of at least 4 members (excludes halogenated alkanes) is 5. The van der Waals surface area contributed by atoms with Crippen LogP contribution in [0.4, 0.5) is 0 Å². The standard InChI is InChI=1S/C13H24O5/c14-9-7-5-3-1-2-4-6-8-13(17)18-11-12(16)10-15/h6,8,12,14-16H,1-5,7,9-11H2/b8-6+. The highest BCUT2D eigenvalue weighted by molar-refractivity contribution is 5.81. The van der Waals surface area contributed by atoms with Gasteiger partial charge in [0.05, 0.1) is 6.61 Å². The lowest BCUT2D eigenvalue weighted by Crippen LogP contribution is -2.21. The molecule has 0 bridgehead atoms. The molecule has 0 heterocycles. The Kier molecular flexibility index (Phi) is 11.9. The summed E-state index contributed by atoms with van der Waals surface area (Å²) in [5, 5.41) is 26.0. The van der Waals surface area contributed by atoms with Crippen LogP contribution in [0.1, 0.15) is 38.5 Å². The molecule has 106 valence electrons. The summed E-state index contributed by atoms with van der Waals surface area (Å²) < 4.78 is 4.69. The summed E-state index contributed by atoms with van der Waals surface area (Å²) in [4.78, 5) is 11.1. The maximum absolute atomic E-state index is 11.1. The van der Waals surface area contributed by atoms with Gasteiger partial charge in [-0.05, 0) is 19.3 Å². The fraction of sp³-hybridized carbons (Fsp3) is 0.769. The number of hydrogen-bond donors (Lipinski definition) is 3. The molecule has 0 rings (SSSR count). The van der Waals surface area contributed by atoms with Crippen molar-refractivity contribution in [1.29, 1.82) is 0 Å². The third-order valence-electron chi connectivity index (χ3n) is 2.41. The van der Waals surface area contributed by atoms with Gasteiger partial charge in [-0.25, -0.2) is 4.79 Å². The van der Waals surface area contributed by atoms with Crippen LogP contribution in [0.5, 0.6) is 0 Å². The number of carbonyl (C=O) groups excluding carboxylic acids is 1. The van der Waals surface area contributed by atoms with Crippen LogP contribution in [0.15, 0.2) is 12.2 Å². The van der Waals surface area contributed by atoms with Crippen molar-refractivity contribution in [1.82, 2.24) is 0 Å². The smallest absolute Gasteiger partial charge is 0.330 e. The Morgan fingerprint density at radius 2 is 1.78 bits per heavy atom. The monoisotopic (exact) mass is 260 g/mol. The number of esters is 1. The molecule has 0 aliphatic heterocycles. The van der Waals surface area contributed by atoms with Crippen LogP contribution in [-0.2, 0) is 9.53 Å². The molecular formula is C13H24O5. The first-order valence-corrected chi connectivity index (χ1v) is 6.43. The van der Waals surface area contributed by atoms with E-state index < -0.39 is 18.7 Å². The lowest BCUT2D eigenvalue weighted by molar-refractivity contribution is -0.141. The molecule has 0 aromatic rings. The molecule has 0 radical (unpaired) electrons. The van der Waals surface area contributed by atoms with Gasteiger partial charge in [-0.3, -0.25) is 0 Å². The van der Waals surface area contributed by atoms with Gasteiger partial charge in [0, 0.05) is 12.7 Å². The maximum atomic E-state index is 11.1. The van der Waals surface area contributed by atoms with Crippen molar-refractivity contribution < 1.29 is 24.9 Å². The number of ether oxygens (including phenoxy) is 1. The van der Waals surface area contributed by atoms with Gasteiger partial charge in [0.15, 0.2) is 0 Å². The molecule has 0 aromatic carbocycles. The SMILES string of the molecule is O=C(/C=C/CCCCCCCO)OCC(O)CO. The lowest BCUT2D eigenvalue weighted by Gasteiger charge is -2.05. The second kappa shape index (κ2) is 12.5. The highest BCUT2D eigenvalue weighted by Crippen LogP contribution is 2.05. The average molecular weight is 260 g/mol. The van der Waals surface area contributed by atoms with Crippen LogP contribution in [0, 0.1) is 0 Å². The van der Waals surface area contributed by atoms with Crippen LogP contribution in [0.3, 0.4) is 0 Å². The maximum Gasteiger partial charge on any atom is 0.330 e. The Labute approximate surface area is 108 Å². The second-order valence-electron chi connectivity index (χ2n) is 4.15. The summed E-state index contributed by atoms with van der Waals surface area (Å²) >= 11 is 0. The molecule has 18 heavy (non-hydrogen) atoms. The Hall–Kier alpha value is -0.910. The third kappa shape index (κ3) is 11.6. The second-order valence-corrected chi connectivity index (χ2v) is 4.15. The first-order chi connectivity index (χ1) is 8.70. The van der Waals surface area contributed by atoms with Gasteiger partial charge < -0.3 is 20.1 Å². The van der Waals surface area contributed by atoms with E-state index in [1.54, 1.807) is 6.08 Å². The zero-order valence-corrected chi connectivity index (χ0v) is 10.8. The van der Waals surface area contributed by atoms with Crippen LogP contribution in [-0.4, -0.2) is 47.2 Å². The molecule has 5 heteroatoms. The lowest BCUT2D eigenvalue weighted by atomic mass is 10.1. The van der Waals surface area contributed by atoms with Gasteiger partial charge >= 0.3 is 5.97 Å². The van der Waals surface area contributed by atoms with Gasteiger partial charge in [0.1, 0.15) is 12.7 Å². The molecule has 0 saturated carbocycles. The van der Waals surface area contributed by atoms with Gasteiger partial charge in [0.25, 0.3) is 0 Å². The Morgan fingerprint density at radius 3 is 2.44 bits per heavy atom. The molecule has 1 unspecified atom stereocenters. The van der Waals surface area contributed by atoms with E-state index in [2.05, 4.69) is 0 Å². The summed E-state index contributed by atoms with van der Waals surface area (Å²) in [6.07, 6.45) is 8.00. The minimum atomic E-state index is -1.01. The molecule has 0 amide bonds. The van der Waals surface area contributed by atoms with E-state index in [1.165, 1.54) is 6.08 Å². The molecule has 0 fully saturated rings. The van der Waals surface area contributed by atoms with Crippen molar-refractivity contribution >= 4 is 5.97 Å². The zero-order valence-electron chi connectivity index (χ0n) is 10.8. The fourth-order valence-corrected chi connectivity index (χ4v) is 1.36. The van der Waals surface area contributed by atoms with Crippen LogP contribution in [0.25, 0.3) is 0 Å². The largest absolute Gasteiger partial charge is 0.460 e. The van der Waals surface area contributed by atoms with Gasteiger partial charge in [-0.15, -0.1) is 0 Å². The van der Waals surface area contributed by atoms with Crippen LogP contribution in [0.2, 0.25) is 0 Å². The van der Waals surface area contributed by atoms with Crippen molar-refractivity contribution in [3.05, 3.63) is 12.2 Å². The molecule has 3 N–H and O–H groups in total. The number of aliphatic hydroxyl groups excluding tert-OH is 3. The van der Waals surface area contributed by atoms with E-state index in [9.17, 15) is 4.79 Å². The summed E-state index contributed by atoms with van der Waals surface area (Å²) in [7, 11) is 0. The number of rotatable bonds is 11. The molecule has 0 spiro atoms. The summed E-state index contributed by atoms with van der Waals surface area (Å²) in [5.41, 5.74) is 0.